The molecule has 2 aromatic rings. The van der Waals surface area contributed by atoms with Crippen LogP contribution in [0.3, 0.4) is 0 Å². The number of hydrogen-bond donors (Lipinski definition) is 1. The number of nitrogens with one attached hydrogen (secondary N) is 1. The van der Waals surface area contributed by atoms with Crippen LogP contribution in [0.15, 0.2) is 41.8 Å². The zero-order chi connectivity index (χ0) is 13.9. The molecule has 0 radical (unpaired) electrons. The Kier molecular flexibility index (Phi) is 3.87. The molecule has 19 heavy (non-hydrogen) atoms. The van der Waals surface area contributed by atoms with Crippen molar-refractivity contribution in [3.63, 3.8) is 0 Å². The second-order valence-electron chi connectivity index (χ2n) is 3.92. The highest BCUT2D eigenvalue weighted by Gasteiger charge is 2.20. The van der Waals surface area contributed by atoms with Gasteiger partial charge in [0.25, 0.3) is 10.0 Å². The van der Waals surface area contributed by atoms with Crippen LogP contribution in [0.2, 0.25) is 0 Å². The smallest absolute Gasteiger partial charge is 0.261 e. The maximum Gasteiger partial charge on any atom is 0.261 e. The molecule has 0 fully saturated rings. The van der Waals surface area contributed by atoms with Crippen LogP contribution in [0.25, 0.3) is 0 Å². The van der Waals surface area contributed by atoms with Crippen LogP contribution < -0.4 is 4.72 Å². The van der Waals surface area contributed by atoms with E-state index in [1.54, 1.807) is 18.5 Å². The number of rotatable bonds is 4. The number of nitrogens with zero attached hydrogens (tertiary/aromatic N) is 2. The highest BCUT2D eigenvalue weighted by atomic mass is 32.2. The quantitative estimate of drug-likeness (QED) is 0.919. The third kappa shape index (κ3) is 3.12. The van der Waals surface area contributed by atoms with E-state index in [0.717, 1.165) is 17.2 Å². The van der Waals surface area contributed by atoms with Gasteiger partial charge in [0.1, 0.15) is 0 Å². The molecule has 0 bridgehead atoms. The Morgan fingerprint density at radius 1 is 1.32 bits per heavy atom. The van der Waals surface area contributed by atoms with Gasteiger partial charge in [0.2, 0.25) is 5.03 Å². The van der Waals surface area contributed by atoms with Crippen molar-refractivity contribution in [1.29, 1.82) is 0 Å². The van der Waals surface area contributed by atoms with Crippen LogP contribution >= 0.6 is 0 Å². The van der Waals surface area contributed by atoms with Crippen molar-refractivity contribution in [3.8, 4) is 0 Å². The molecule has 100 valence electrons. The predicted octanol–water partition coefficient (Wildman–Crippen LogP) is 1.40. The highest BCUT2D eigenvalue weighted by Crippen LogP contribution is 2.11. The Balaban J connectivity index is 2.20. The van der Waals surface area contributed by atoms with E-state index in [2.05, 4.69) is 14.7 Å². The molecule has 0 spiro atoms. The zero-order valence-electron chi connectivity index (χ0n) is 10.2. The van der Waals surface area contributed by atoms with Gasteiger partial charge >= 0.3 is 0 Å². The minimum absolute atomic E-state index is 0.0397. The second-order valence-corrected chi connectivity index (χ2v) is 5.60. The van der Waals surface area contributed by atoms with Crippen molar-refractivity contribution in [3.05, 3.63) is 53.7 Å². The minimum atomic E-state index is -3.97. The van der Waals surface area contributed by atoms with E-state index >= 15 is 0 Å². The standard InChI is InChI=1S/C12H12FN3O2S/c1-9-4-6-14-7-10(9)8-16-19(17,18)12-11(13)3-2-5-15-12/h2-7,16H,8H2,1H3. The summed E-state index contributed by atoms with van der Waals surface area (Å²) in [4.78, 5) is 7.46. The molecule has 0 aromatic carbocycles. The summed E-state index contributed by atoms with van der Waals surface area (Å²) in [6, 6.07) is 4.15. The molecular weight excluding hydrogens is 269 g/mol. The molecule has 2 aromatic heterocycles. The molecule has 2 rings (SSSR count). The van der Waals surface area contributed by atoms with E-state index in [-0.39, 0.29) is 6.54 Å². The largest absolute Gasteiger partial charge is 0.264 e. The zero-order valence-corrected chi connectivity index (χ0v) is 11.0. The summed E-state index contributed by atoms with van der Waals surface area (Å²) in [6.07, 6.45) is 4.41. The van der Waals surface area contributed by atoms with Crippen molar-refractivity contribution < 1.29 is 12.8 Å². The van der Waals surface area contributed by atoms with E-state index in [1.807, 2.05) is 6.92 Å². The fourth-order valence-electron chi connectivity index (χ4n) is 1.49. The molecule has 0 unspecified atom stereocenters. The van der Waals surface area contributed by atoms with Gasteiger partial charge in [0, 0.05) is 25.1 Å². The number of sulfonamides is 1. The van der Waals surface area contributed by atoms with Gasteiger partial charge in [-0.15, -0.1) is 0 Å². The van der Waals surface area contributed by atoms with Crippen molar-refractivity contribution in [1.82, 2.24) is 14.7 Å². The van der Waals surface area contributed by atoms with E-state index in [0.29, 0.717) is 0 Å². The van der Waals surface area contributed by atoms with Gasteiger partial charge in [-0.05, 0) is 36.2 Å². The van der Waals surface area contributed by atoms with Crippen LogP contribution in [0.5, 0.6) is 0 Å². The van der Waals surface area contributed by atoms with E-state index in [9.17, 15) is 12.8 Å². The lowest BCUT2D eigenvalue weighted by Gasteiger charge is -2.08. The molecule has 0 aliphatic heterocycles. The van der Waals surface area contributed by atoms with Gasteiger partial charge in [0.05, 0.1) is 0 Å². The first kappa shape index (κ1) is 13.6. The summed E-state index contributed by atoms with van der Waals surface area (Å²) in [7, 11) is -3.97. The van der Waals surface area contributed by atoms with Crippen LogP contribution in [0.1, 0.15) is 11.1 Å². The summed E-state index contributed by atoms with van der Waals surface area (Å²) in [5.74, 6) is -0.877. The monoisotopic (exact) mass is 281 g/mol. The Morgan fingerprint density at radius 3 is 2.79 bits per heavy atom. The molecule has 0 saturated carbocycles. The molecule has 2 heterocycles. The number of aryl methyl sites for hydroxylation is 1. The lowest BCUT2D eigenvalue weighted by Crippen LogP contribution is -2.25. The lowest BCUT2D eigenvalue weighted by atomic mass is 10.2. The maximum atomic E-state index is 13.4. The van der Waals surface area contributed by atoms with Gasteiger partial charge in [-0.3, -0.25) is 4.98 Å². The highest BCUT2D eigenvalue weighted by molar-refractivity contribution is 7.89. The fraction of sp³-hybridized carbons (Fsp3) is 0.167. The Morgan fingerprint density at radius 2 is 2.11 bits per heavy atom. The molecule has 7 heteroatoms. The molecular formula is C12H12FN3O2S. The minimum Gasteiger partial charge on any atom is -0.264 e. The summed E-state index contributed by atoms with van der Waals surface area (Å²) < 4.78 is 39.5. The van der Waals surface area contributed by atoms with Gasteiger partial charge in [-0.25, -0.2) is 22.5 Å². The predicted molar refractivity (Wildman–Crippen MR) is 67.2 cm³/mol. The summed E-state index contributed by atoms with van der Waals surface area (Å²) in [5, 5.41) is -0.600. The number of hydrogen-bond acceptors (Lipinski definition) is 4. The number of halogens is 1. The fourth-order valence-corrected chi connectivity index (χ4v) is 2.50. The van der Waals surface area contributed by atoms with Crippen LogP contribution in [-0.4, -0.2) is 18.4 Å². The van der Waals surface area contributed by atoms with Gasteiger partial charge < -0.3 is 0 Å². The Hall–Kier alpha value is -1.86. The van der Waals surface area contributed by atoms with Crippen molar-refractivity contribution >= 4 is 10.0 Å². The third-order valence-electron chi connectivity index (χ3n) is 2.58. The maximum absolute atomic E-state index is 13.4. The summed E-state index contributed by atoms with van der Waals surface area (Å²) in [5.41, 5.74) is 1.63. The average molecular weight is 281 g/mol. The Labute approximate surface area is 110 Å². The van der Waals surface area contributed by atoms with Gasteiger partial charge in [-0.1, -0.05) is 0 Å². The molecule has 5 nitrogen and oxygen atoms in total. The van der Waals surface area contributed by atoms with E-state index in [4.69, 9.17) is 0 Å². The normalized spacial score (nSPS) is 11.5. The van der Waals surface area contributed by atoms with E-state index in [1.165, 1.54) is 12.3 Å². The second kappa shape index (κ2) is 5.41. The molecule has 1 N–H and O–H groups in total. The SMILES string of the molecule is Cc1ccncc1CNS(=O)(=O)c1ncccc1F. The molecule has 0 saturated heterocycles. The number of aromatic nitrogens is 2. The van der Waals surface area contributed by atoms with Gasteiger partial charge in [-0.2, -0.15) is 0 Å². The number of pyridine rings is 2. The van der Waals surface area contributed by atoms with Crippen molar-refractivity contribution in [2.75, 3.05) is 0 Å². The first-order chi connectivity index (χ1) is 9.00. The van der Waals surface area contributed by atoms with Crippen LogP contribution in [-0.2, 0) is 16.6 Å². The third-order valence-corrected chi connectivity index (χ3v) is 3.91. The van der Waals surface area contributed by atoms with Crippen LogP contribution in [0, 0.1) is 12.7 Å². The van der Waals surface area contributed by atoms with Crippen molar-refractivity contribution in [2.24, 2.45) is 0 Å². The van der Waals surface area contributed by atoms with Crippen LogP contribution in [0.4, 0.5) is 4.39 Å². The first-order valence-electron chi connectivity index (χ1n) is 5.50. The molecule has 0 amide bonds. The first-order valence-corrected chi connectivity index (χ1v) is 6.99. The molecule has 0 aliphatic rings. The molecule has 0 atom stereocenters. The van der Waals surface area contributed by atoms with E-state index < -0.39 is 20.9 Å². The average Bonchev–Trinajstić information content (AvgIpc) is 2.38. The summed E-state index contributed by atoms with van der Waals surface area (Å²) in [6.45, 7) is 1.88. The van der Waals surface area contributed by atoms with Crippen molar-refractivity contribution in [2.45, 2.75) is 18.5 Å². The summed E-state index contributed by atoms with van der Waals surface area (Å²) >= 11 is 0. The topological polar surface area (TPSA) is 72.0 Å². The molecule has 0 aliphatic carbocycles. The lowest BCUT2D eigenvalue weighted by molar-refractivity contribution is 0.544. The Bertz CT molecular complexity index is 689. The van der Waals surface area contributed by atoms with Gasteiger partial charge in [0.15, 0.2) is 5.82 Å².